The molecule has 4 aromatic rings. The topological polar surface area (TPSA) is 158 Å². The maximum Gasteiger partial charge on any atom is 0.333 e. The summed E-state index contributed by atoms with van der Waals surface area (Å²) in [4.78, 5) is 23.3. The number of ether oxygens (including phenoxy) is 4. The molecule has 2 fully saturated rings. The highest BCUT2D eigenvalue weighted by atomic mass is 32.2. The van der Waals surface area contributed by atoms with Gasteiger partial charge in [-0.05, 0) is 93.1 Å². The van der Waals surface area contributed by atoms with Crippen molar-refractivity contribution in [2.24, 2.45) is 5.73 Å². The minimum Gasteiger partial charge on any atom is -0.504 e. The van der Waals surface area contributed by atoms with Crippen molar-refractivity contribution in [3.05, 3.63) is 80.0 Å². The number of aryl methyl sites for hydroxylation is 2. The Kier molecular flexibility index (Phi) is 7.81. The summed E-state index contributed by atoms with van der Waals surface area (Å²) < 4.78 is 24.8. The molecule has 7 aliphatic rings. The number of aromatic nitrogens is 1. The van der Waals surface area contributed by atoms with E-state index >= 15 is 4.79 Å². The Morgan fingerprint density at radius 3 is 2.65 bits per heavy atom. The molecule has 1 spiro atoms. The summed E-state index contributed by atoms with van der Waals surface area (Å²) in [6, 6.07) is 9.09. The second-order valence-electron chi connectivity index (χ2n) is 16.2. The van der Waals surface area contributed by atoms with Crippen molar-refractivity contribution in [2.75, 3.05) is 39.9 Å². The van der Waals surface area contributed by atoms with E-state index in [0.29, 0.717) is 42.4 Å². The number of methoxy groups -OCH3 is 1. The molecule has 13 heteroatoms. The number of nitrogens with two attached hydrogens (primary N) is 1. The normalized spacial score (nSPS) is 30.7. The van der Waals surface area contributed by atoms with Crippen molar-refractivity contribution in [1.82, 2.24) is 20.1 Å². The molecule has 55 heavy (non-hydrogen) atoms. The number of thioether (sulfide) groups is 1. The highest BCUT2D eigenvalue weighted by Gasteiger charge is 2.61. The summed E-state index contributed by atoms with van der Waals surface area (Å²) >= 11 is 1.69. The molecule has 7 aliphatic heterocycles. The van der Waals surface area contributed by atoms with Gasteiger partial charge in [0.15, 0.2) is 28.5 Å². The van der Waals surface area contributed by atoms with E-state index < -0.39 is 17.6 Å². The molecule has 4 bridgehead atoms. The van der Waals surface area contributed by atoms with Gasteiger partial charge in [0.1, 0.15) is 12.6 Å². The van der Waals surface area contributed by atoms with Crippen molar-refractivity contribution in [3.63, 3.8) is 0 Å². The molecule has 1 aromatic heterocycles. The number of H-pyrrole nitrogens is 1. The monoisotopic (exact) mass is 762 g/mol. The predicted octanol–water partition coefficient (Wildman–Crippen LogP) is 4.77. The lowest BCUT2D eigenvalue weighted by Crippen LogP contribution is -2.69. The zero-order valence-corrected chi connectivity index (χ0v) is 32.7. The number of hydrogen-bond donors (Lipinski definition) is 4. The summed E-state index contributed by atoms with van der Waals surface area (Å²) in [5.74, 6) is 1.90. The molecular formula is C42H46N6O6S. The molecule has 8 heterocycles. The van der Waals surface area contributed by atoms with Crippen LogP contribution in [0.5, 0.6) is 23.0 Å². The van der Waals surface area contributed by atoms with Crippen LogP contribution in [0.25, 0.3) is 10.9 Å². The minimum atomic E-state index is -1.23. The van der Waals surface area contributed by atoms with Gasteiger partial charge >= 0.3 is 5.97 Å². The summed E-state index contributed by atoms with van der Waals surface area (Å²) in [7, 11) is 3.67. The molecule has 0 amide bonds. The minimum absolute atomic E-state index is 0.0131. The molecule has 0 radical (unpaired) electrons. The first-order chi connectivity index (χ1) is 26.5. The lowest BCUT2D eigenvalue weighted by Gasteiger charge is -2.62. The Bertz CT molecular complexity index is 2370. The van der Waals surface area contributed by atoms with Crippen LogP contribution in [-0.2, 0) is 27.9 Å². The van der Waals surface area contributed by atoms with Gasteiger partial charge in [0.2, 0.25) is 6.79 Å². The number of hydrogen-bond acceptors (Lipinski definition) is 12. The molecule has 286 valence electrons. The van der Waals surface area contributed by atoms with Crippen LogP contribution >= 0.6 is 11.8 Å². The van der Waals surface area contributed by atoms with Crippen LogP contribution in [0.4, 0.5) is 0 Å². The van der Waals surface area contributed by atoms with E-state index in [1.807, 2.05) is 6.92 Å². The number of rotatable bonds is 2. The predicted molar refractivity (Wildman–Crippen MR) is 208 cm³/mol. The zero-order chi connectivity index (χ0) is 38.2. The van der Waals surface area contributed by atoms with Gasteiger partial charge in [-0.25, -0.2) is 4.79 Å². The van der Waals surface area contributed by atoms with Crippen LogP contribution in [0.2, 0.25) is 0 Å². The van der Waals surface area contributed by atoms with E-state index in [0.717, 1.165) is 66.7 Å². The number of phenolic OH excluding ortho intramolecular Hbond substituents is 1. The summed E-state index contributed by atoms with van der Waals surface area (Å²) in [5.41, 5.74) is 16.0. The Labute approximate surface area is 324 Å². The second-order valence-corrected chi connectivity index (χ2v) is 17.4. The number of phenols is 1. The van der Waals surface area contributed by atoms with Crippen molar-refractivity contribution in [1.29, 1.82) is 5.26 Å². The number of esters is 1. The number of nitrogens with one attached hydrogen (secondary N) is 2. The van der Waals surface area contributed by atoms with E-state index in [4.69, 9.17) is 24.7 Å². The van der Waals surface area contributed by atoms with Crippen LogP contribution in [0.1, 0.15) is 73.1 Å². The van der Waals surface area contributed by atoms with E-state index in [1.165, 1.54) is 0 Å². The first-order valence-corrected chi connectivity index (χ1v) is 20.2. The van der Waals surface area contributed by atoms with Crippen molar-refractivity contribution < 1.29 is 28.8 Å². The van der Waals surface area contributed by atoms with Crippen molar-refractivity contribution in [2.45, 2.75) is 87.6 Å². The van der Waals surface area contributed by atoms with Gasteiger partial charge in [0, 0.05) is 57.7 Å². The van der Waals surface area contributed by atoms with E-state index in [9.17, 15) is 10.4 Å². The molecule has 12 nitrogen and oxygen atoms in total. The van der Waals surface area contributed by atoms with Gasteiger partial charge in [-0.3, -0.25) is 15.1 Å². The first kappa shape index (κ1) is 35.0. The molecule has 2 saturated heterocycles. The number of aromatic amines is 1. The Hall–Kier alpha value is -4.45. The second kappa shape index (κ2) is 12.3. The van der Waals surface area contributed by atoms with Crippen LogP contribution in [0.3, 0.4) is 0 Å². The first-order valence-electron chi connectivity index (χ1n) is 19.1. The fourth-order valence-electron chi connectivity index (χ4n) is 11.0. The van der Waals surface area contributed by atoms with E-state index in [1.54, 1.807) is 18.9 Å². The Morgan fingerprint density at radius 2 is 1.89 bits per heavy atom. The van der Waals surface area contributed by atoms with Crippen LogP contribution < -0.4 is 25.3 Å². The number of carbonyl (C=O) groups excluding carboxylic acids is 1. The molecule has 0 saturated carbocycles. The largest absolute Gasteiger partial charge is 0.504 e. The third kappa shape index (κ3) is 4.57. The van der Waals surface area contributed by atoms with Crippen molar-refractivity contribution in [3.8, 4) is 29.1 Å². The smallest absolute Gasteiger partial charge is 0.333 e. The number of nitriles is 1. The number of fused-ring (bicyclic) bond motifs is 11. The molecule has 3 aromatic carbocycles. The summed E-state index contributed by atoms with van der Waals surface area (Å²) in [6.45, 7) is 8.67. The van der Waals surface area contributed by atoms with Gasteiger partial charge in [0.25, 0.3) is 0 Å². The Balaban J connectivity index is 1.23. The number of benzene rings is 3. The maximum absolute atomic E-state index is 15.0. The van der Waals surface area contributed by atoms with Gasteiger partial charge in [-0.2, -0.15) is 5.26 Å². The fraction of sp³-hybridized carbons (Fsp3) is 0.476. The lowest BCUT2D eigenvalue weighted by molar-refractivity contribution is -0.158. The van der Waals surface area contributed by atoms with Crippen molar-refractivity contribution >= 4 is 28.6 Å². The van der Waals surface area contributed by atoms with E-state index in [-0.39, 0.29) is 54.5 Å². The highest BCUT2D eigenvalue weighted by Crippen LogP contribution is 2.63. The average molecular weight is 763 g/mol. The number of likely N-dealkylation sites (N-methyl/N-ethyl adjacent to an activating group) is 1. The quantitative estimate of drug-likeness (QED) is 0.208. The molecule has 11 rings (SSSR count). The zero-order valence-electron chi connectivity index (χ0n) is 31.9. The summed E-state index contributed by atoms with van der Waals surface area (Å²) in [5, 5.41) is 27.8. The lowest BCUT2D eigenvalue weighted by atomic mass is 9.71. The maximum atomic E-state index is 15.0. The van der Waals surface area contributed by atoms with Crippen LogP contribution in [-0.4, -0.2) is 89.9 Å². The van der Waals surface area contributed by atoms with Gasteiger partial charge in [-0.15, -0.1) is 11.8 Å². The molecular weight excluding hydrogens is 717 g/mol. The van der Waals surface area contributed by atoms with E-state index in [2.05, 4.69) is 78.3 Å². The third-order valence-electron chi connectivity index (χ3n) is 13.6. The Morgan fingerprint density at radius 1 is 1.09 bits per heavy atom. The number of carbonyl (C=O) groups is 1. The average Bonchev–Trinajstić information content (AvgIpc) is 3.81. The number of nitrogens with zero attached hydrogens (tertiary/aromatic N) is 3. The van der Waals surface area contributed by atoms with Crippen LogP contribution in [0.15, 0.2) is 24.3 Å². The summed E-state index contributed by atoms with van der Waals surface area (Å²) in [6.07, 6.45) is 1.25. The standard InChI is InChI=1S/C42H46N6O6S/c1-18-7-8-26-24(9-18)25-12-23(13-43)46-42(40(25)45-26)16-55-39-30-20(3)21(4)37-38(54-17-53-37)32(30)29(15-52-41(42)50)48-28(14-44)27-11-22-10-19(2)36(51-6)35(49)31(22)33(34(39)48)47(27)5/h7-10,23,27-29,33-34,39,45-46,49H,11-13,15-17,43H2,1-6H3/t23-,27+,28-,29-,33-,34+,39+,42+/m0/s1. The molecule has 8 atom stereocenters. The fourth-order valence-corrected chi connectivity index (χ4v) is 12.7. The molecule has 0 unspecified atom stereocenters. The highest BCUT2D eigenvalue weighted by molar-refractivity contribution is 7.99. The molecule has 0 aliphatic carbocycles. The van der Waals surface area contributed by atoms with Gasteiger partial charge in [0.05, 0.1) is 31.0 Å². The number of aromatic hydroxyl groups is 1. The van der Waals surface area contributed by atoms with Gasteiger partial charge in [-0.1, -0.05) is 17.7 Å². The van der Waals surface area contributed by atoms with Gasteiger partial charge < -0.3 is 34.8 Å². The third-order valence-corrected chi connectivity index (χ3v) is 15.0. The SMILES string of the molecule is COc1c(C)cc2c(c1O)[C@H]1[C@@H]3[C@@H]4SC[C@]5(N[C@H](CN)Cc6c5[nH]c5ccc(C)cc65)C(=O)OC[C@@H](c5c6c(c(C)c(C)c54)OCO6)N3[C@@H](C#N)[C@@H](C2)N1C. The van der Waals surface area contributed by atoms with Crippen LogP contribution in [0, 0.1) is 39.0 Å². The molecule has 5 N–H and O–H groups in total. The number of piperazine rings is 1.